The number of hydrogen-bond acceptors (Lipinski definition) is 5. The van der Waals surface area contributed by atoms with E-state index in [0.29, 0.717) is 44.4 Å². The van der Waals surface area contributed by atoms with Crippen LogP contribution >= 0.6 is 34.8 Å². The first-order valence-electron chi connectivity index (χ1n) is 8.02. The lowest BCUT2D eigenvalue weighted by atomic mass is 10.1. The Morgan fingerprint density at radius 3 is 2.57 bits per heavy atom. The van der Waals surface area contributed by atoms with Crippen molar-refractivity contribution in [2.75, 3.05) is 0 Å². The van der Waals surface area contributed by atoms with Crippen LogP contribution in [0.4, 0.5) is 0 Å². The molecule has 4 rings (SSSR count). The van der Waals surface area contributed by atoms with Gasteiger partial charge in [0.05, 0.1) is 45.7 Å². The van der Waals surface area contributed by atoms with Crippen molar-refractivity contribution in [3.05, 3.63) is 75.0 Å². The molecule has 0 unspecified atom stereocenters. The van der Waals surface area contributed by atoms with E-state index in [1.165, 1.54) is 4.68 Å². The van der Waals surface area contributed by atoms with Crippen LogP contribution in [0.15, 0.2) is 48.7 Å². The highest BCUT2D eigenvalue weighted by Gasteiger charge is 2.20. The molecule has 0 saturated carbocycles. The molecule has 2 heterocycles. The lowest BCUT2D eigenvalue weighted by Gasteiger charge is -2.07. The van der Waals surface area contributed by atoms with Crippen LogP contribution in [0.1, 0.15) is 11.1 Å². The summed E-state index contributed by atoms with van der Waals surface area (Å²) in [5, 5.41) is 26.1. The smallest absolute Gasteiger partial charge is 0.187 e. The minimum atomic E-state index is 0.306. The van der Waals surface area contributed by atoms with Gasteiger partial charge in [0.15, 0.2) is 5.82 Å². The van der Waals surface area contributed by atoms with E-state index >= 15 is 0 Å². The van der Waals surface area contributed by atoms with Crippen LogP contribution < -0.4 is 0 Å². The number of halogens is 3. The van der Waals surface area contributed by atoms with Crippen molar-refractivity contribution in [1.82, 2.24) is 30.0 Å². The number of nitriles is 1. The van der Waals surface area contributed by atoms with E-state index in [9.17, 15) is 0 Å². The molecule has 7 nitrogen and oxygen atoms in total. The second-order valence-corrected chi connectivity index (χ2v) is 6.95. The highest BCUT2D eigenvalue weighted by atomic mass is 35.5. The Morgan fingerprint density at radius 2 is 1.82 bits per heavy atom. The summed E-state index contributed by atoms with van der Waals surface area (Å²) < 4.78 is 3.08. The summed E-state index contributed by atoms with van der Waals surface area (Å²) in [6.07, 6.45) is 1.57. The quantitative estimate of drug-likeness (QED) is 0.479. The van der Waals surface area contributed by atoms with E-state index in [0.717, 1.165) is 5.56 Å². The minimum absolute atomic E-state index is 0.306. The van der Waals surface area contributed by atoms with Gasteiger partial charge in [0.25, 0.3) is 0 Å². The third kappa shape index (κ3) is 3.34. The third-order valence-electron chi connectivity index (χ3n) is 4.06. The van der Waals surface area contributed by atoms with Gasteiger partial charge in [-0.2, -0.15) is 10.4 Å². The van der Waals surface area contributed by atoms with Gasteiger partial charge in [-0.25, -0.2) is 9.36 Å². The molecule has 4 aromatic rings. The summed E-state index contributed by atoms with van der Waals surface area (Å²) in [6.45, 7) is 0.410. The number of benzene rings is 2. The first-order chi connectivity index (χ1) is 13.6. The van der Waals surface area contributed by atoms with Crippen LogP contribution in [0.5, 0.6) is 0 Å². The fraction of sp³-hybridized carbons (Fsp3) is 0.0556. The van der Waals surface area contributed by atoms with Crippen LogP contribution in [-0.2, 0) is 6.54 Å². The molecular weight excluding hydrogens is 421 g/mol. The Hall–Kier alpha value is -2.92. The number of rotatable bonds is 4. The molecule has 0 radical (unpaired) electrons. The highest BCUT2D eigenvalue weighted by Crippen LogP contribution is 2.33. The molecule has 138 valence electrons. The van der Waals surface area contributed by atoms with E-state index in [1.54, 1.807) is 41.2 Å². The minimum Gasteiger partial charge on any atom is -0.221 e. The maximum Gasteiger partial charge on any atom is 0.187 e. The Balaban J connectivity index is 1.70. The molecule has 2 aromatic heterocycles. The molecule has 0 N–H and O–H groups in total. The van der Waals surface area contributed by atoms with Crippen LogP contribution in [0.2, 0.25) is 15.2 Å². The molecule has 0 aliphatic rings. The second-order valence-electron chi connectivity index (χ2n) is 5.80. The molecule has 0 fully saturated rings. The summed E-state index contributed by atoms with van der Waals surface area (Å²) in [5.41, 5.74) is 2.63. The molecule has 0 spiro atoms. The standard InChI is InChI=1S/C18H10Cl3N7/c19-14-2-1-3-15(16(14)20)28-17(21)13(9-23-28)18-24-25-26-27(18)10-12-6-4-11(8-22)5-7-12/h1-7,9H,10H2. The summed E-state index contributed by atoms with van der Waals surface area (Å²) in [4.78, 5) is 0. The summed E-state index contributed by atoms with van der Waals surface area (Å²) in [7, 11) is 0. The largest absolute Gasteiger partial charge is 0.221 e. The van der Waals surface area contributed by atoms with E-state index in [4.69, 9.17) is 40.1 Å². The van der Waals surface area contributed by atoms with Crippen LogP contribution in [-0.4, -0.2) is 30.0 Å². The van der Waals surface area contributed by atoms with Gasteiger partial charge in [-0.15, -0.1) is 5.10 Å². The first-order valence-corrected chi connectivity index (χ1v) is 9.15. The monoisotopic (exact) mass is 429 g/mol. The van der Waals surface area contributed by atoms with Gasteiger partial charge in [-0.1, -0.05) is 53.0 Å². The van der Waals surface area contributed by atoms with Gasteiger partial charge in [0.1, 0.15) is 5.15 Å². The number of hydrogen-bond donors (Lipinski definition) is 0. The molecule has 10 heteroatoms. The molecule has 0 atom stereocenters. The Morgan fingerprint density at radius 1 is 1.04 bits per heavy atom. The lowest BCUT2D eigenvalue weighted by Crippen LogP contribution is -2.04. The molecule has 0 saturated heterocycles. The van der Waals surface area contributed by atoms with E-state index in [-0.39, 0.29) is 0 Å². The Kier molecular flexibility index (Phi) is 5.01. The van der Waals surface area contributed by atoms with Crippen LogP contribution in [0, 0.1) is 11.3 Å². The fourth-order valence-electron chi connectivity index (χ4n) is 2.67. The van der Waals surface area contributed by atoms with Gasteiger partial charge >= 0.3 is 0 Å². The van der Waals surface area contributed by atoms with Crippen molar-refractivity contribution >= 4 is 34.8 Å². The van der Waals surface area contributed by atoms with E-state index < -0.39 is 0 Å². The topological polar surface area (TPSA) is 85.2 Å². The Bertz CT molecular complexity index is 1190. The summed E-state index contributed by atoms with van der Waals surface area (Å²) >= 11 is 18.9. The second kappa shape index (κ2) is 7.60. The summed E-state index contributed by atoms with van der Waals surface area (Å²) in [6, 6.07) is 14.5. The van der Waals surface area contributed by atoms with Crippen molar-refractivity contribution in [1.29, 1.82) is 5.26 Å². The van der Waals surface area contributed by atoms with Gasteiger partial charge in [-0.05, 0) is 40.3 Å². The molecule has 0 aliphatic carbocycles. The number of tetrazole rings is 1. The number of aromatic nitrogens is 6. The molecule has 0 bridgehead atoms. The summed E-state index contributed by atoms with van der Waals surface area (Å²) in [5.74, 6) is 0.457. The zero-order chi connectivity index (χ0) is 19.7. The maximum absolute atomic E-state index is 8.91. The van der Waals surface area contributed by atoms with Crippen LogP contribution in [0.25, 0.3) is 17.1 Å². The zero-order valence-electron chi connectivity index (χ0n) is 14.1. The van der Waals surface area contributed by atoms with Crippen molar-refractivity contribution in [2.45, 2.75) is 6.54 Å². The van der Waals surface area contributed by atoms with Crippen LogP contribution in [0.3, 0.4) is 0 Å². The molecule has 0 amide bonds. The van der Waals surface area contributed by atoms with Gasteiger partial charge in [0.2, 0.25) is 0 Å². The lowest BCUT2D eigenvalue weighted by molar-refractivity contribution is 0.653. The first kappa shape index (κ1) is 18.4. The van der Waals surface area contributed by atoms with Crippen molar-refractivity contribution in [3.8, 4) is 23.1 Å². The predicted molar refractivity (Wildman–Crippen MR) is 106 cm³/mol. The van der Waals surface area contributed by atoms with E-state index in [1.807, 2.05) is 12.1 Å². The third-order valence-corrected chi connectivity index (χ3v) is 5.23. The van der Waals surface area contributed by atoms with Crippen molar-refractivity contribution < 1.29 is 0 Å². The molecule has 2 aromatic carbocycles. The van der Waals surface area contributed by atoms with Crippen molar-refractivity contribution in [3.63, 3.8) is 0 Å². The normalized spacial score (nSPS) is 10.8. The highest BCUT2D eigenvalue weighted by molar-refractivity contribution is 6.43. The molecule has 0 aliphatic heterocycles. The predicted octanol–water partition coefficient (Wildman–Crippen LogP) is 4.41. The number of nitrogens with zero attached hydrogens (tertiary/aromatic N) is 7. The van der Waals surface area contributed by atoms with Gasteiger partial charge in [0, 0.05) is 0 Å². The fourth-order valence-corrected chi connectivity index (χ4v) is 3.31. The maximum atomic E-state index is 8.91. The van der Waals surface area contributed by atoms with Crippen molar-refractivity contribution in [2.24, 2.45) is 0 Å². The van der Waals surface area contributed by atoms with E-state index in [2.05, 4.69) is 26.7 Å². The average molecular weight is 431 g/mol. The Labute approximate surface area is 174 Å². The SMILES string of the molecule is N#Cc1ccc(Cn2nnnc2-c2cnn(-c3cccc(Cl)c3Cl)c2Cl)cc1. The van der Waals surface area contributed by atoms with Gasteiger partial charge in [-0.3, -0.25) is 0 Å². The molecule has 28 heavy (non-hydrogen) atoms. The average Bonchev–Trinajstić information content (AvgIpc) is 3.31. The zero-order valence-corrected chi connectivity index (χ0v) is 16.4. The van der Waals surface area contributed by atoms with Gasteiger partial charge < -0.3 is 0 Å². The molecular formula is C18H10Cl3N7.